The molecular weight excluding hydrogens is 298 g/mol. The van der Waals surface area contributed by atoms with Crippen LogP contribution >= 0.6 is 0 Å². The SMILES string of the molecule is C[C@H](C(=O)NC(C)(C)c1nccc2ccccc12)[C@H]1CCCN1C. The lowest BCUT2D eigenvalue weighted by Gasteiger charge is -2.31. The van der Waals surface area contributed by atoms with Gasteiger partial charge in [-0.1, -0.05) is 31.2 Å². The molecule has 1 saturated heterocycles. The Labute approximate surface area is 144 Å². The summed E-state index contributed by atoms with van der Waals surface area (Å²) >= 11 is 0. The standard InChI is InChI=1S/C20H27N3O/c1-14(17-10-7-13-23(17)4)19(24)22-20(2,3)18-16-9-6-5-8-15(16)11-12-21-18/h5-6,8-9,11-12,14,17H,7,10,13H2,1-4H3,(H,22,24)/t14-,17+/m0/s1. The van der Waals surface area contributed by atoms with Crippen molar-refractivity contribution in [2.45, 2.75) is 45.2 Å². The van der Waals surface area contributed by atoms with Gasteiger partial charge in [-0.2, -0.15) is 0 Å². The Bertz CT molecular complexity index is 735. The zero-order valence-electron chi connectivity index (χ0n) is 15.0. The number of nitrogens with one attached hydrogen (secondary N) is 1. The molecule has 24 heavy (non-hydrogen) atoms. The lowest BCUT2D eigenvalue weighted by atomic mass is 9.92. The van der Waals surface area contributed by atoms with Gasteiger partial charge < -0.3 is 10.2 Å². The molecular formula is C20H27N3O. The number of hydrogen-bond donors (Lipinski definition) is 1. The first-order chi connectivity index (χ1) is 11.4. The zero-order valence-corrected chi connectivity index (χ0v) is 15.0. The van der Waals surface area contributed by atoms with Crippen molar-refractivity contribution < 1.29 is 4.79 Å². The normalized spacial score (nSPS) is 20.2. The second-order valence-corrected chi connectivity index (χ2v) is 7.47. The van der Waals surface area contributed by atoms with E-state index in [-0.39, 0.29) is 11.8 Å². The van der Waals surface area contributed by atoms with Crippen molar-refractivity contribution in [3.8, 4) is 0 Å². The average Bonchev–Trinajstić information content (AvgIpc) is 2.99. The minimum atomic E-state index is -0.511. The molecule has 1 fully saturated rings. The predicted octanol–water partition coefficient (Wildman–Crippen LogP) is 3.32. The number of nitrogens with zero attached hydrogens (tertiary/aromatic N) is 2. The molecule has 0 bridgehead atoms. The fraction of sp³-hybridized carbons (Fsp3) is 0.500. The highest BCUT2D eigenvalue weighted by atomic mass is 16.2. The molecule has 4 nitrogen and oxygen atoms in total. The largest absolute Gasteiger partial charge is 0.345 e. The number of aromatic nitrogens is 1. The first-order valence-corrected chi connectivity index (χ1v) is 8.76. The van der Waals surface area contributed by atoms with Gasteiger partial charge >= 0.3 is 0 Å². The van der Waals surface area contributed by atoms with Crippen LogP contribution in [0, 0.1) is 5.92 Å². The summed E-state index contributed by atoms with van der Waals surface area (Å²) in [5.41, 5.74) is 0.407. The van der Waals surface area contributed by atoms with Gasteiger partial charge in [0.05, 0.1) is 17.2 Å². The molecule has 1 N–H and O–H groups in total. The summed E-state index contributed by atoms with van der Waals surface area (Å²) in [5.74, 6) is 0.0836. The van der Waals surface area contributed by atoms with E-state index in [4.69, 9.17) is 0 Å². The molecule has 1 aromatic heterocycles. The highest BCUT2D eigenvalue weighted by Crippen LogP contribution is 2.28. The van der Waals surface area contributed by atoms with E-state index in [2.05, 4.69) is 34.4 Å². The van der Waals surface area contributed by atoms with Crippen LogP contribution in [0.15, 0.2) is 36.5 Å². The molecule has 0 radical (unpaired) electrons. The third kappa shape index (κ3) is 3.16. The van der Waals surface area contributed by atoms with E-state index >= 15 is 0 Å². The van der Waals surface area contributed by atoms with Gasteiger partial charge in [-0.05, 0) is 51.7 Å². The maximum Gasteiger partial charge on any atom is 0.225 e. The topological polar surface area (TPSA) is 45.2 Å². The number of likely N-dealkylation sites (tertiary alicyclic amines) is 1. The van der Waals surface area contributed by atoms with Gasteiger partial charge in [0.1, 0.15) is 0 Å². The molecule has 0 unspecified atom stereocenters. The van der Waals surface area contributed by atoms with Crippen LogP contribution in [0.25, 0.3) is 10.8 Å². The molecule has 0 spiro atoms. The van der Waals surface area contributed by atoms with Crippen molar-refractivity contribution in [2.75, 3.05) is 13.6 Å². The number of rotatable bonds is 4. The molecule has 1 amide bonds. The third-order valence-electron chi connectivity index (χ3n) is 5.27. The quantitative estimate of drug-likeness (QED) is 0.938. The second kappa shape index (κ2) is 6.52. The summed E-state index contributed by atoms with van der Waals surface area (Å²) in [4.78, 5) is 19.7. The highest BCUT2D eigenvalue weighted by molar-refractivity contribution is 5.86. The van der Waals surface area contributed by atoms with Crippen LogP contribution in [-0.2, 0) is 10.3 Å². The maximum atomic E-state index is 12.8. The minimum Gasteiger partial charge on any atom is -0.345 e. The fourth-order valence-electron chi connectivity index (χ4n) is 3.84. The van der Waals surface area contributed by atoms with Crippen molar-refractivity contribution in [3.63, 3.8) is 0 Å². The van der Waals surface area contributed by atoms with E-state index < -0.39 is 5.54 Å². The van der Waals surface area contributed by atoms with Crippen LogP contribution in [0.3, 0.4) is 0 Å². The summed E-state index contributed by atoms with van der Waals surface area (Å²) < 4.78 is 0. The van der Waals surface area contributed by atoms with Gasteiger partial charge in [-0.3, -0.25) is 9.78 Å². The van der Waals surface area contributed by atoms with Gasteiger partial charge in [-0.25, -0.2) is 0 Å². The molecule has 1 aliphatic rings. The van der Waals surface area contributed by atoms with Crippen LogP contribution in [0.1, 0.15) is 39.3 Å². The summed E-state index contributed by atoms with van der Waals surface area (Å²) in [7, 11) is 2.11. The number of carbonyl (C=O) groups is 1. The van der Waals surface area contributed by atoms with E-state index in [1.807, 2.05) is 45.2 Å². The molecule has 1 aromatic carbocycles. The Morgan fingerprint density at radius 1 is 1.33 bits per heavy atom. The summed E-state index contributed by atoms with van der Waals surface area (Å²) in [6.07, 6.45) is 4.09. The Hall–Kier alpha value is -1.94. The Kier molecular flexibility index (Phi) is 4.59. The average molecular weight is 325 g/mol. The van der Waals surface area contributed by atoms with E-state index in [1.54, 1.807) is 0 Å². The number of benzene rings is 1. The Morgan fingerprint density at radius 3 is 2.79 bits per heavy atom. The van der Waals surface area contributed by atoms with E-state index in [0.717, 1.165) is 29.4 Å². The molecule has 3 rings (SSSR count). The molecule has 2 heterocycles. The summed E-state index contributed by atoms with van der Waals surface area (Å²) in [5, 5.41) is 5.47. The fourth-order valence-corrected chi connectivity index (χ4v) is 3.84. The van der Waals surface area contributed by atoms with E-state index in [9.17, 15) is 4.79 Å². The minimum absolute atomic E-state index is 0.0215. The van der Waals surface area contributed by atoms with Crippen molar-refractivity contribution in [1.29, 1.82) is 0 Å². The molecule has 2 atom stereocenters. The second-order valence-electron chi connectivity index (χ2n) is 7.47. The smallest absolute Gasteiger partial charge is 0.225 e. The molecule has 0 saturated carbocycles. The van der Waals surface area contributed by atoms with Crippen molar-refractivity contribution >= 4 is 16.7 Å². The third-order valence-corrected chi connectivity index (χ3v) is 5.27. The van der Waals surface area contributed by atoms with Crippen molar-refractivity contribution in [1.82, 2.24) is 15.2 Å². The Morgan fingerprint density at radius 2 is 2.08 bits per heavy atom. The number of fused-ring (bicyclic) bond motifs is 1. The Balaban J connectivity index is 1.83. The molecule has 4 heteroatoms. The van der Waals surface area contributed by atoms with E-state index in [0.29, 0.717) is 6.04 Å². The predicted molar refractivity (Wildman–Crippen MR) is 97.7 cm³/mol. The van der Waals surface area contributed by atoms with Crippen molar-refractivity contribution in [3.05, 3.63) is 42.2 Å². The maximum absolute atomic E-state index is 12.8. The first-order valence-electron chi connectivity index (χ1n) is 8.76. The van der Waals surface area contributed by atoms with Crippen LogP contribution in [0.4, 0.5) is 0 Å². The van der Waals surface area contributed by atoms with Crippen LogP contribution < -0.4 is 5.32 Å². The number of pyridine rings is 1. The van der Waals surface area contributed by atoms with Crippen LogP contribution in [0.5, 0.6) is 0 Å². The first kappa shape index (κ1) is 16.9. The van der Waals surface area contributed by atoms with Crippen LogP contribution in [-0.4, -0.2) is 35.4 Å². The number of carbonyl (C=O) groups excluding carboxylic acids is 1. The molecule has 0 aliphatic carbocycles. The lowest BCUT2D eigenvalue weighted by Crippen LogP contribution is -2.48. The van der Waals surface area contributed by atoms with Gasteiger partial charge in [0.2, 0.25) is 5.91 Å². The number of amides is 1. The van der Waals surface area contributed by atoms with E-state index in [1.165, 1.54) is 6.42 Å². The zero-order chi connectivity index (χ0) is 17.3. The lowest BCUT2D eigenvalue weighted by molar-refractivity contribution is -0.127. The van der Waals surface area contributed by atoms with Crippen LogP contribution in [0.2, 0.25) is 0 Å². The summed E-state index contributed by atoms with van der Waals surface area (Å²) in [6.45, 7) is 7.18. The summed E-state index contributed by atoms with van der Waals surface area (Å²) in [6, 6.07) is 10.5. The monoisotopic (exact) mass is 325 g/mol. The van der Waals surface area contributed by atoms with Gasteiger partial charge in [0.25, 0.3) is 0 Å². The van der Waals surface area contributed by atoms with Crippen molar-refractivity contribution in [2.24, 2.45) is 5.92 Å². The van der Waals surface area contributed by atoms with Gasteiger partial charge in [0.15, 0.2) is 0 Å². The van der Waals surface area contributed by atoms with Gasteiger partial charge in [0, 0.05) is 17.6 Å². The molecule has 2 aromatic rings. The molecule has 128 valence electrons. The van der Waals surface area contributed by atoms with Gasteiger partial charge in [-0.15, -0.1) is 0 Å². The molecule has 1 aliphatic heterocycles. The number of hydrogen-bond acceptors (Lipinski definition) is 3. The highest BCUT2D eigenvalue weighted by Gasteiger charge is 2.34.